The number of hydrogen-bond acceptors (Lipinski definition) is 3. The van der Waals surface area contributed by atoms with Crippen molar-refractivity contribution in [3.63, 3.8) is 0 Å². The number of nitrogens with one attached hydrogen (secondary N) is 1. The number of halogens is 1. The Morgan fingerprint density at radius 2 is 1.89 bits per heavy atom. The Balaban J connectivity index is 2.42. The summed E-state index contributed by atoms with van der Waals surface area (Å²) < 4.78 is 5.46. The van der Waals surface area contributed by atoms with E-state index in [-0.39, 0.29) is 12.5 Å². The van der Waals surface area contributed by atoms with Crippen LogP contribution in [0.1, 0.15) is 11.1 Å². The molecule has 0 radical (unpaired) electrons. The fourth-order valence-corrected chi connectivity index (χ4v) is 1.72. The lowest BCUT2D eigenvalue weighted by Crippen LogP contribution is -2.34. The number of ether oxygens (including phenoxy) is 1. The van der Waals surface area contributed by atoms with E-state index < -0.39 is 0 Å². The first kappa shape index (κ1) is 15.8. The molecule has 0 saturated heterocycles. The molecule has 4 nitrogen and oxygen atoms in total. The lowest BCUT2D eigenvalue weighted by atomic mass is 10.1. The number of nitrogens with zero attached hydrogens (tertiary/aromatic N) is 1. The van der Waals surface area contributed by atoms with Gasteiger partial charge in [-0.1, -0.05) is 11.6 Å². The number of carbonyl (C=O) groups is 1. The SMILES string of the molecule is Cc1cc(OCC(=O)NCCN(C)C)cc(C)c1Cl. The van der Waals surface area contributed by atoms with Crippen LogP contribution >= 0.6 is 11.6 Å². The van der Waals surface area contributed by atoms with E-state index in [1.807, 2.05) is 45.0 Å². The molecule has 0 aliphatic carbocycles. The van der Waals surface area contributed by atoms with Gasteiger partial charge >= 0.3 is 0 Å². The molecule has 5 heteroatoms. The van der Waals surface area contributed by atoms with Crippen molar-refractivity contribution in [2.45, 2.75) is 13.8 Å². The molecule has 0 unspecified atom stereocenters. The van der Waals surface area contributed by atoms with Gasteiger partial charge in [0.2, 0.25) is 0 Å². The second kappa shape index (κ2) is 7.36. The quantitative estimate of drug-likeness (QED) is 0.869. The Morgan fingerprint density at radius 3 is 2.42 bits per heavy atom. The Morgan fingerprint density at radius 1 is 1.32 bits per heavy atom. The average Bonchev–Trinajstić information content (AvgIpc) is 2.32. The molecular weight excluding hydrogens is 264 g/mol. The summed E-state index contributed by atoms with van der Waals surface area (Å²) in [5, 5.41) is 3.53. The van der Waals surface area contributed by atoms with Crippen LogP contribution in [0.3, 0.4) is 0 Å². The van der Waals surface area contributed by atoms with Gasteiger partial charge in [-0.15, -0.1) is 0 Å². The number of likely N-dealkylation sites (N-methyl/N-ethyl adjacent to an activating group) is 1. The van der Waals surface area contributed by atoms with E-state index in [2.05, 4.69) is 5.32 Å². The predicted octanol–water partition coefficient (Wildman–Crippen LogP) is 2.01. The van der Waals surface area contributed by atoms with Crippen molar-refractivity contribution in [3.05, 3.63) is 28.3 Å². The summed E-state index contributed by atoms with van der Waals surface area (Å²) in [6.07, 6.45) is 0. The molecule has 1 rings (SSSR count). The van der Waals surface area contributed by atoms with Crippen LogP contribution in [0.15, 0.2) is 12.1 Å². The molecule has 0 saturated carbocycles. The van der Waals surface area contributed by atoms with Gasteiger partial charge in [0.25, 0.3) is 5.91 Å². The fraction of sp³-hybridized carbons (Fsp3) is 0.500. The summed E-state index contributed by atoms with van der Waals surface area (Å²) in [7, 11) is 3.92. The number of benzene rings is 1. The van der Waals surface area contributed by atoms with Gasteiger partial charge in [0.05, 0.1) is 0 Å². The van der Waals surface area contributed by atoms with Crippen LogP contribution in [-0.4, -0.2) is 44.6 Å². The Kier molecular flexibility index (Phi) is 6.12. The van der Waals surface area contributed by atoms with E-state index in [1.165, 1.54) is 0 Å². The van der Waals surface area contributed by atoms with Gasteiger partial charge in [-0.05, 0) is 51.2 Å². The van der Waals surface area contributed by atoms with Crippen LogP contribution < -0.4 is 10.1 Å². The van der Waals surface area contributed by atoms with Crippen molar-refractivity contribution in [2.24, 2.45) is 0 Å². The molecule has 1 aromatic carbocycles. The van der Waals surface area contributed by atoms with E-state index in [1.54, 1.807) is 0 Å². The van der Waals surface area contributed by atoms with Crippen molar-refractivity contribution < 1.29 is 9.53 Å². The largest absolute Gasteiger partial charge is 0.484 e. The van der Waals surface area contributed by atoms with Crippen LogP contribution in [0.5, 0.6) is 5.75 Å². The molecule has 0 aliphatic heterocycles. The molecule has 0 heterocycles. The van der Waals surface area contributed by atoms with Gasteiger partial charge < -0.3 is 15.0 Å². The standard InChI is InChI=1S/C14H21ClN2O2/c1-10-7-12(8-11(2)14(10)15)19-9-13(18)16-5-6-17(3)4/h7-8H,5-6,9H2,1-4H3,(H,16,18). The van der Waals surface area contributed by atoms with Gasteiger partial charge in [-0.3, -0.25) is 4.79 Å². The van der Waals surface area contributed by atoms with Gasteiger partial charge in [0.1, 0.15) is 5.75 Å². The molecular formula is C14H21ClN2O2. The zero-order valence-electron chi connectivity index (χ0n) is 11.9. The maximum Gasteiger partial charge on any atom is 0.257 e. The lowest BCUT2D eigenvalue weighted by molar-refractivity contribution is -0.123. The molecule has 1 aromatic rings. The van der Waals surface area contributed by atoms with Gasteiger partial charge in [-0.2, -0.15) is 0 Å². The lowest BCUT2D eigenvalue weighted by Gasteiger charge is -2.12. The third kappa shape index (κ3) is 5.49. The predicted molar refractivity (Wildman–Crippen MR) is 78.0 cm³/mol. The topological polar surface area (TPSA) is 41.6 Å². The Bertz CT molecular complexity index is 424. The molecule has 0 aromatic heterocycles. The highest BCUT2D eigenvalue weighted by molar-refractivity contribution is 6.32. The summed E-state index contributed by atoms with van der Waals surface area (Å²) in [6, 6.07) is 3.67. The fourth-order valence-electron chi connectivity index (χ4n) is 1.61. The van der Waals surface area contributed by atoms with E-state index in [0.29, 0.717) is 12.3 Å². The first-order valence-corrected chi connectivity index (χ1v) is 6.59. The number of carbonyl (C=O) groups excluding carboxylic acids is 1. The number of hydrogen-bond donors (Lipinski definition) is 1. The summed E-state index contributed by atoms with van der Waals surface area (Å²) in [5.41, 5.74) is 1.90. The average molecular weight is 285 g/mol. The molecule has 19 heavy (non-hydrogen) atoms. The number of aryl methyl sites for hydroxylation is 2. The van der Waals surface area contributed by atoms with Crippen LogP contribution in [0.4, 0.5) is 0 Å². The molecule has 0 atom stereocenters. The first-order valence-electron chi connectivity index (χ1n) is 6.21. The maximum absolute atomic E-state index is 11.6. The first-order chi connectivity index (χ1) is 8.90. The monoisotopic (exact) mass is 284 g/mol. The number of rotatable bonds is 6. The van der Waals surface area contributed by atoms with Crippen LogP contribution in [0, 0.1) is 13.8 Å². The molecule has 106 valence electrons. The highest BCUT2D eigenvalue weighted by Crippen LogP contribution is 2.25. The van der Waals surface area contributed by atoms with Gasteiger partial charge in [0, 0.05) is 18.1 Å². The smallest absolute Gasteiger partial charge is 0.257 e. The van der Waals surface area contributed by atoms with Crippen LogP contribution in [0.25, 0.3) is 0 Å². The second-order valence-electron chi connectivity index (χ2n) is 4.81. The summed E-state index contributed by atoms with van der Waals surface area (Å²) in [4.78, 5) is 13.6. The van der Waals surface area contributed by atoms with Crippen molar-refractivity contribution in [1.29, 1.82) is 0 Å². The third-order valence-electron chi connectivity index (χ3n) is 2.66. The van der Waals surface area contributed by atoms with Crippen molar-refractivity contribution in [2.75, 3.05) is 33.8 Å². The molecule has 0 fully saturated rings. The second-order valence-corrected chi connectivity index (χ2v) is 5.19. The minimum atomic E-state index is -0.118. The van der Waals surface area contributed by atoms with E-state index >= 15 is 0 Å². The van der Waals surface area contributed by atoms with Crippen molar-refractivity contribution >= 4 is 17.5 Å². The van der Waals surface area contributed by atoms with Crippen LogP contribution in [-0.2, 0) is 4.79 Å². The molecule has 0 bridgehead atoms. The van der Waals surface area contributed by atoms with Gasteiger partial charge in [0.15, 0.2) is 6.61 Å². The maximum atomic E-state index is 11.6. The van der Waals surface area contributed by atoms with E-state index in [4.69, 9.17) is 16.3 Å². The van der Waals surface area contributed by atoms with Crippen molar-refractivity contribution in [3.8, 4) is 5.75 Å². The van der Waals surface area contributed by atoms with Gasteiger partial charge in [-0.25, -0.2) is 0 Å². The summed E-state index contributed by atoms with van der Waals surface area (Å²) in [6.45, 7) is 5.28. The Labute approximate surface area is 119 Å². The zero-order chi connectivity index (χ0) is 14.4. The van der Waals surface area contributed by atoms with E-state index in [0.717, 1.165) is 22.7 Å². The van der Waals surface area contributed by atoms with E-state index in [9.17, 15) is 4.79 Å². The number of amides is 1. The van der Waals surface area contributed by atoms with Crippen LogP contribution in [0.2, 0.25) is 5.02 Å². The summed E-state index contributed by atoms with van der Waals surface area (Å²) in [5.74, 6) is 0.550. The van der Waals surface area contributed by atoms with Crippen molar-refractivity contribution in [1.82, 2.24) is 10.2 Å². The highest BCUT2D eigenvalue weighted by Gasteiger charge is 2.06. The molecule has 1 N–H and O–H groups in total. The summed E-state index contributed by atoms with van der Waals surface area (Å²) >= 11 is 6.07. The third-order valence-corrected chi connectivity index (χ3v) is 3.26. The normalized spacial score (nSPS) is 10.6. The zero-order valence-corrected chi connectivity index (χ0v) is 12.7. The minimum absolute atomic E-state index is 0.0218. The minimum Gasteiger partial charge on any atom is -0.484 e. The molecule has 0 aliphatic rings. The Hall–Kier alpha value is -1.26. The molecule has 0 spiro atoms. The molecule has 1 amide bonds. The highest BCUT2D eigenvalue weighted by atomic mass is 35.5.